The van der Waals surface area contributed by atoms with Gasteiger partial charge in [0.15, 0.2) is 0 Å². The first-order valence-electron chi connectivity index (χ1n) is 5.29. The quantitative estimate of drug-likeness (QED) is 0.781. The third kappa shape index (κ3) is 2.88. The highest BCUT2D eigenvalue weighted by atomic mass is 32.1. The number of rotatable bonds is 4. The summed E-state index contributed by atoms with van der Waals surface area (Å²) in [6.45, 7) is 2.01. The number of benzene rings is 1. The number of hydrogen-bond acceptors (Lipinski definition) is 4. The van der Waals surface area contributed by atoms with Crippen molar-refractivity contribution < 1.29 is 9.21 Å². The molecule has 2 aromatic rings. The first-order chi connectivity index (χ1) is 8.16. The molecule has 1 aromatic heterocycles. The molecule has 0 saturated heterocycles. The third-order valence-electron chi connectivity index (χ3n) is 2.30. The highest BCUT2D eigenvalue weighted by Crippen LogP contribution is 2.16. The molecule has 0 bridgehead atoms. The van der Waals surface area contributed by atoms with E-state index in [4.69, 9.17) is 16.6 Å². The molecule has 0 aliphatic heterocycles. The fourth-order valence-corrected chi connectivity index (χ4v) is 1.62. The van der Waals surface area contributed by atoms with Gasteiger partial charge in [-0.3, -0.25) is 4.79 Å². The second kappa shape index (κ2) is 5.05. The number of carbonyl (C=O) groups excluding carboxylic acids is 1. The Morgan fingerprint density at radius 1 is 1.41 bits per heavy atom. The van der Waals surface area contributed by atoms with E-state index in [-0.39, 0.29) is 5.78 Å². The first-order valence-corrected chi connectivity index (χ1v) is 5.70. The van der Waals surface area contributed by atoms with E-state index in [0.717, 1.165) is 5.56 Å². The van der Waals surface area contributed by atoms with Gasteiger partial charge in [-0.25, -0.2) is 4.68 Å². The summed E-state index contributed by atoms with van der Waals surface area (Å²) in [6.07, 6.45) is 0.412. The summed E-state index contributed by atoms with van der Waals surface area (Å²) in [5, 5.41) is 4.25. The Hall–Kier alpha value is -1.75. The van der Waals surface area contributed by atoms with Crippen molar-refractivity contribution >= 4 is 18.0 Å². The van der Waals surface area contributed by atoms with Crippen LogP contribution in [0.15, 0.2) is 34.7 Å². The predicted octanol–water partition coefficient (Wildman–Crippen LogP) is 2.85. The van der Waals surface area contributed by atoms with Gasteiger partial charge in [0, 0.05) is 12.0 Å². The molecule has 1 heterocycles. The molecule has 5 heteroatoms. The van der Waals surface area contributed by atoms with Gasteiger partial charge < -0.3 is 4.42 Å². The van der Waals surface area contributed by atoms with Crippen LogP contribution >= 0.6 is 12.2 Å². The van der Waals surface area contributed by atoms with Gasteiger partial charge in [0.05, 0.1) is 6.54 Å². The van der Waals surface area contributed by atoms with Gasteiger partial charge in [0.1, 0.15) is 5.78 Å². The third-order valence-corrected chi connectivity index (χ3v) is 2.60. The molecule has 17 heavy (non-hydrogen) atoms. The molecular formula is C12H12N2O2S. The summed E-state index contributed by atoms with van der Waals surface area (Å²) in [7, 11) is 0. The molecule has 4 nitrogen and oxygen atoms in total. The molecule has 2 rings (SSSR count). The molecule has 0 aliphatic rings. The van der Waals surface area contributed by atoms with Gasteiger partial charge in [0.2, 0.25) is 5.89 Å². The Labute approximate surface area is 104 Å². The summed E-state index contributed by atoms with van der Waals surface area (Å²) in [5.74, 6) is 0.593. The second-order valence-corrected chi connectivity index (χ2v) is 4.06. The summed E-state index contributed by atoms with van der Waals surface area (Å²) in [5.41, 5.74) is 0.875. The van der Waals surface area contributed by atoms with Crippen molar-refractivity contribution in [1.29, 1.82) is 0 Å². The van der Waals surface area contributed by atoms with Gasteiger partial charge >= 0.3 is 0 Å². The highest BCUT2D eigenvalue weighted by molar-refractivity contribution is 7.71. The normalized spacial score (nSPS) is 10.4. The number of aryl methyl sites for hydroxylation is 1. The van der Waals surface area contributed by atoms with Gasteiger partial charge in [-0.05, 0) is 31.3 Å². The van der Waals surface area contributed by atoms with Gasteiger partial charge in [0.25, 0.3) is 4.84 Å². The van der Waals surface area contributed by atoms with Gasteiger partial charge in [-0.15, -0.1) is 5.10 Å². The minimum absolute atomic E-state index is 0.108. The highest BCUT2D eigenvalue weighted by Gasteiger charge is 2.07. The van der Waals surface area contributed by atoms with Crippen LogP contribution in [0, 0.1) is 4.84 Å². The molecular weight excluding hydrogens is 236 g/mol. The summed E-state index contributed by atoms with van der Waals surface area (Å²) < 4.78 is 6.93. The molecule has 0 fully saturated rings. The van der Waals surface area contributed by atoms with E-state index >= 15 is 0 Å². The van der Waals surface area contributed by atoms with E-state index in [9.17, 15) is 4.79 Å². The number of nitrogens with zero attached hydrogens (tertiary/aromatic N) is 2. The predicted molar refractivity (Wildman–Crippen MR) is 66.1 cm³/mol. The lowest BCUT2D eigenvalue weighted by atomic mass is 10.2. The molecule has 0 amide bonds. The fourth-order valence-electron chi connectivity index (χ4n) is 1.41. The van der Waals surface area contributed by atoms with Crippen LogP contribution in [-0.4, -0.2) is 15.6 Å². The van der Waals surface area contributed by atoms with E-state index in [2.05, 4.69) is 5.10 Å². The molecule has 0 N–H and O–H groups in total. The number of ketones is 1. The topological polar surface area (TPSA) is 48.0 Å². The van der Waals surface area contributed by atoms with Crippen LogP contribution in [-0.2, 0) is 11.3 Å². The average molecular weight is 248 g/mol. The van der Waals surface area contributed by atoms with Crippen LogP contribution in [0.4, 0.5) is 0 Å². The van der Waals surface area contributed by atoms with Gasteiger partial charge in [-0.1, -0.05) is 18.2 Å². The van der Waals surface area contributed by atoms with E-state index in [1.807, 2.05) is 30.3 Å². The zero-order valence-electron chi connectivity index (χ0n) is 9.42. The van der Waals surface area contributed by atoms with Crippen LogP contribution in [0.25, 0.3) is 11.5 Å². The number of hydrogen-bond donors (Lipinski definition) is 0. The summed E-state index contributed by atoms with van der Waals surface area (Å²) >= 11 is 5.05. The number of aromatic nitrogens is 2. The van der Waals surface area contributed by atoms with Crippen molar-refractivity contribution in [3.63, 3.8) is 0 Å². The van der Waals surface area contributed by atoms with Crippen LogP contribution in [0.2, 0.25) is 0 Å². The molecule has 0 radical (unpaired) electrons. The Balaban J connectivity index is 2.25. The van der Waals surface area contributed by atoms with Crippen molar-refractivity contribution in [1.82, 2.24) is 9.78 Å². The molecule has 1 aromatic carbocycles. The summed E-state index contributed by atoms with van der Waals surface area (Å²) in [4.78, 5) is 11.2. The van der Waals surface area contributed by atoms with Crippen molar-refractivity contribution in [2.75, 3.05) is 0 Å². The average Bonchev–Trinajstić information content (AvgIpc) is 2.69. The largest absolute Gasteiger partial charge is 0.409 e. The molecule has 0 spiro atoms. The van der Waals surface area contributed by atoms with Crippen molar-refractivity contribution in [3.05, 3.63) is 35.2 Å². The molecule has 0 aliphatic carbocycles. The lowest BCUT2D eigenvalue weighted by Crippen LogP contribution is -2.04. The molecule has 0 unspecified atom stereocenters. The maximum atomic E-state index is 10.9. The Morgan fingerprint density at radius 2 is 2.12 bits per heavy atom. The second-order valence-electron chi connectivity index (χ2n) is 3.71. The van der Waals surface area contributed by atoms with Crippen LogP contribution in [0.3, 0.4) is 0 Å². The standard InChI is InChI=1S/C12H12N2O2S/c1-9(15)7-8-14-12(17)16-11(13-14)10-5-3-2-4-6-10/h2-6H,7-8H2,1H3. The SMILES string of the molecule is CC(=O)CCn1nc(-c2ccccc2)oc1=S. The Kier molecular flexibility index (Phi) is 3.49. The number of carbonyl (C=O) groups is 1. The zero-order valence-corrected chi connectivity index (χ0v) is 10.2. The summed E-state index contributed by atoms with van der Waals surface area (Å²) in [6, 6.07) is 9.53. The zero-order chi connectivity index (χ0) is 12.3. The van der Waals surface area contributed by atoms with Crippen molar-refractivity contribution in [2.45, 2.75) is 19.9 Å². The minimum atomic E-state index is 0.108. The molecule has 88 valence electrons. The molecule has 0 atom stereocenters. The van der Waals surface area contributed by atoms with Crippen molar-refractivity contribution in [2.24, 2.45) is 0 Å². The smallest absolute Gasteiger partial charge is 0.287 e. The van der Waals surface area contributed by atoms with E-state index in [1.54, 1.807) is 11.6 Å². The first kappa shape index (κ1) is 11.7. The van der Waals surface area contributed by atoms with E-state index in [1.165, 1.54) is 0 Å². The van der Waals surface area contributed by atoms with Gasteiger partial charge in [-0.2, -0.15) is 0 Å². The maximum Gasteiger partial charge on any atom is 0.287 e. The lowest BCUT2D eigenvalue weighted by molar-refractivity contribution is -0.117. The minimum Gasteiger partial charge on any atom is -0.409 e. The fraction of sp³-hybridized carbons (Fsp3) is 0.250. The van der Waals surface area contributed by atoms with Crippen molar-refractivity contribution in [3.8, 4) is 11.5 Å². The number of Topliss-reactive ketones (excluding diaryl/α,β-unsaturated/α-hetero) is 1. The monoisotopic (exact) mass is 248 g/mol. The van der Waals surface area contributed by atoms with Crippen LogP contribution in [0.1, 0.15) is 13.3 Å². The lowest BCUT2D eigenvalue weighted by Gasteiger charge is -1.95. The van der Waals surface area contributed by atoms with Crippen LogP contribution in [0.5, 0.6) is 0 Å². The van der Waals surface area contributed by atoms with E-state index < -0.39 is 0 Å². The Bertz CT molecular complexity index is 572. The Morgan fingerprint density at radius 3 is 2.76 bits per heavy atom. The maximum absolute atomic E-state index is 10.9. The molecule has 0 saturated carbocycles. The van der Waals surface area contributed by atoms with E-state index in [0.29, 0.717) is 23.7 Å². The van der Waals surface area contributed by atoms with Crippen LogP contribution < -0.4 is 0 Å².